The molecule has 7 aromatic heterocycles. The van der Waals surface area contributed by atoms with Crippen LogP contribution in [0.5, 0.6) is 0 Å². The number of carboxylic acids is 1. The largest absolute Gasteiger partial charge is 0.477 e. The standard InChI is InChI=1S/C30H20N2.C18H17N2.C15H10N.C11H6F2N.C11H8N.C6H5NO2.4Ir/c1-5-16-27-23(12-1)24-13-2-6-17-28(24)31(27)21-10-9-11-22(20-21)32-29-18-7-3-14-25(29)26-15-4-8-19-30(26)32;1-13-11-14(2)17(15(3)12-13)20-10-9-19-18(20)16-7-5-4-6-8-16;1-2-7-13(8-3-1)15-14-9-5-4-6-12(14)10-11-16-15;12-8-4-5-9(10(13)7-8)11-3-1-2-6-14-11;1-2-6-10(7-3-1)11-8-4-5-9-12-11;8-6(9)5-3-1-2-4-7-5;;;;/h1-20H;4-7,9-12H,1-3H3;1-7,9-11H;1-4,6-7H;1-6,8-9H;1-4H,(H,8,9);;;;/q;4*-1;;;;;. The third kappa shape index (κ3) is 19.2. The van der Waals surface area contributed by atoms with Gasteiger partial charge in [-0.05, 0) is 133 Å². The molecular weight excluding hydrogens is 2040 g/mol. The van der Waals surface area contributed by atoms with Crippen molar-refractivity contribution in [1.29, 1.82) is 0 Å². The van der Waals surface area contributed by atoms with Gasteiger partial charge in [0.15, 0.2) is 0 Å². The van der Waals surface area contributed by atoms with Gasteiger partial charge in [0.1, 0.15) is 5.69 Å². The van der Waals surface area contributed by atoms with Gasteiger partial charge < -0.3 is 33.8 Å². The molecule has 0 bridgehead atoms. The molecule has 0 fully saturated rings. The number of carbonyl (C=O) groups is 1. The monoisotopic (exact) mass is 2110 g/mol. The maximum absolute atomic E-state index is 13.2. The molecule has 0 atom stereocenters. The van der Waals surface area contributed by atoms with Gasteiger partial charge >= 0.3 is 5.97 Å². The van der Waals surface area contributed by atoms with Crippen LogP contribution in [0.3, 0.4) is 0 Å². The normalized spacial score (nSPS) is 10.3. The number of imidazole rings is 1. The fraction of sp³-hybridized carbons (Fsp3) is 0.0330. The molecule has 0 saturated heterocycles. The summed E-state index contributed by atoms with van der Waals surface area (Å²) in [5.74, 6) is -1.35. The minimum absolute atomic E-state index is 0. The fourth-order valence-electron chi connectivity index (χ4n) is 12.5. The van der Waals surface area contributed by atoms with Crippen molar-refractivity contribution in [2.75, 3.05) is 0 Å². The zero-order valence-corrected chi connectivity index (χ0v) is 67.4. The Bertz CT molecular complexity index is 5580. The van der Waals surface area contributed by atoms with Gasteiger partial charge in [0.05, 0.1) is 27.9 Å². The Morgan fingerprint density at radius 3 is 1.32 bits per heavy atom. The zero-order valence-electron chi connectivity index (χ0n) is 57.9. The summed E-state index contributed by atoms with van der Waals surface area (Å²) in [5, 5.41) is 15.8. The van der Waals surface area contributed by atoms with E-state index < -0.39 is 17.6 Å². The number of aromatic carboxylic acids is 1. The summed E-state index contributed by atoms with van der Waals surface area (Å²) in [5.41, 5.74) is 18.1. The van der Waals surface area contributed by atoms with E-state index in [1.165, 1.54) is 100 Å². The van der Waals surface area contributed by atoms with Crippen LogP contribution < -0.4 is 0 Å². The third-order valence-corrected chi connectivity index (χ3v) is 16.9. The molecule has 16 heteroatoms. The Balaban J connectivity index is 0.000000155. The molecule has 1 N–H and O–H groups in total. The summed E-state index contributed by atoms with van der Waals surface area (Å²) in [7, 11) is 0. The number of pyridine rings is 4. The molecule has 0 aliphatic carbocycles. The molecule has 0 aliphatic heterocycles. The predicted octanol–water partition coefficient (Wildman–Crippen LogP) is 22.0. The van der Waals surface area contributed by atoms with Crippen molar-refractivity contribution < 1.29 is 99.1 Å². The minimum atomic E-state index is -0.990. The summed E-state index contributed by atoms with van der Waals surface area (Å²) in [6.07, 6.45) is 10.5. The molecule has 11 aromatic carbocycles. The molecule has 18 aromatic rings. The van der Waals surface area contributed by atoms with E-state index in [9.17, 15) is 13.6 Å². The number of fused-ring (bicyclic) bond motifs is 7. The molecule has 0 aliphatic rings. The van der Waals surface area contributed by atoms with Crippen LogP contribution in [0.25, 0.3) is 117 Å². The van der Waals surface area contributed by atoms with E-state index in [4.69, 9.17) is 5.11 Å². The van der Waals surface area contributed by atoms with Crippen LogP contribution in [-0.4, -0.2) is 49.7 Å². The van der Waals surface area contributed by atoms with E-state index in [2.05, 4.69) is 229 Å². The van der Waals surface area contributed by atoms with E-state index in [1.807, 2.05) is 128 Å². The SMILES string of the molecule is Cc1cc(C)c(-n2ccnc2-c2[c-]cccc2)c(C)c1.Fc1c[c-]c(-c2ccccn2)c(F)c1.O=C(O)c1ccccn1.[Ir].[Ir].[Ir].[Ir].[c-]1ccccc1-c1ccccn1.[c-]1ccccc1-c1nccc2ccccc12.c1cc(-n2c3ccccc3c3ccccc32)cc(-n2c3ccccc3c3ccccc32)c1. The first-order chi connectivity index (χ1) is 50.6. The van der Waals surface area contributed by atoms with E-state index in [1.54, 1.807) is 42.7 Å². The zero-order chi connectivity index (χ0) is 70.9. The Morgan fingerprint density at radius 1 is 0.393 bits per heavy atom. The maximum Gasteiger partial charge on any atom is 0.354 e. The predicted molar refractivity (Wildman–Crippen MR) is 411 cm³/mol. The Hall–Kier alpha value is -11.0. The van der Waals surface area contributed by atoms with Gasteiger partial charge in [-0.2, -0.15) is 0 Å². The number of nitrogens with zero attached hydrogens (tertiary/aromatic N) is 8. The first kappa shape index (κ1) is 80.1. The van der Waals surface area contributed by atoms with Crippen molar-refractivity contribution in [3.63, 3.8) is 0 Å². The number of aromatic nitrogens is 8. The van der Waals surface area contributed by atoms with Crippen molar-refractivity contribution in [2.24, 2.45) is 0 Å². The maximum atomic E-state index is 13.2. The second-order valence-electron chi connectivity index (χ2n) is 23.8. The number of benzene rings is 11. The summed E-state index contributed by atoms with van der Waals surface area (Å²) in [6.45, 7) is 6.42. The second-order valence-corrected chi connectivity index (χ2v) is 23.8. The molecule has 0 amide bonds. The van der Waals surface area contributed by atoms with Gasteiger partial charge in [-0.15, -0.1) is 120 Å². The van der Waals surface area contributed by atoms with Gasteiger partial charge in [0.25, 0.3) is 0 Å². The van der Waals surface area contributed by atoms with Crippen molar-refractivity contribution in [2.45, 2.75) is 20.8 Å². The van der Waals surface area contributed by atoms with Crippen LogP contribution in [0.2, 0.25) is 0 Å². The van der Waals surface area contributed by atoms with Gasteiger partial charge in [-0.1, -0.05) is 163 Å². The number of rotatable bonds is 8. The van der Waals surface area contributed by atoms with E-state index >= 15 is 0 Å². The number of hydrogen-bond donors (Lipinski definition) is 1. The number of carboxylic acid groups (broad SMARTS) is 1. The van der Waals surface area contributed by atoms with Gasteiger partial charge in [0.2, 0.25) is 0 Å². The quantitative estimate of drug-likeness (QED) is 0.151. The van der Waals surface area contributed by atoms with Crippen LogP contribution in [0.15, 0.2) is 340 Å². The van der Waals surface area contributed by atoms with Crippen LogP contribution in [0.4, 0.5) is 8.78 Å². The minimum Gasteiger partial charge on any atom is -0.477 e. The second kappa shape index (κ2) is 38.9. The average Bonchev–Trinajstić information content (AvgIpc) is 1.60. The topological polar surface area (TPSA) is 117 Å². The van der Waals surface area contributed by atoms with Crippen molar-refractivity contribution >= 4 is 60.4 Å². The number of para-hydroxylation sites is 4. The smallest absolute Gasteiger partial charge is 0.354 e. The molecule has 536 valence electrons. The number of aryl methyl sites for hydroxylation is 3. The van der Waals surface area contributed by atoms with Gasteiger partial charge in [-0.25, -0.2) is 9.78 Å². The van der Waals surface area contributed by atoms with Crippen molar-refractivity contribution in [3.05, 3.63) is 399 Å². The molecule has 107 heavy (non-hydrogen) atoms. The fourth-order valence-corrected chi connectivity index (χ4v) is 12.5. The van der Waals surface area contributed by atoms with E-state index in [0.717, 1.165) is 46.0 Å². The van der Waals surface area contributed by atoms with Crippen molar-refractivity contribution in [3.8, 4) is 62.2 Å². The first-order valence-electron chi connectivity index (χ1n) is 33.3. The van der Waals surface area contributed by atoms with Crippen molar-refractivity contribution in [1.82, 2.24) is 38.6 Å². The molecule has 4 radical (unpaired) electrons. The summed E-state index contributed by atoms with van der Waals surface area (Å²) in [6, 6.07) is 112. The molecule has 18 rings (SSSR count). The van der Waals surface area contributed by atoms with Crippen LogP contribution in [-0.2, 0) is 80.4 Å². The summed E-state index contributed by atoms with van der Waals surface area (Å²) in [4.78, 5) is 30.8. The molecule has 10 nitrogen and oxygen atoms in total. The molecule has 0 saturated carbocycles. The molecule has 0 unspecified atom stereocenters. The summed E-state index contributed by atoms with van der Waals surface area (Å²) >= 11 is 0. The van der Waals surface area contributed by atoms with Crippen LogP contribution in [0, 0.1) is 56.7 Å². The molecule has 0 spiro atoms. The van der Waals surface area contributed by atoms with E-state index in [-0.39, 0.29) is 91.7 Å². The summed E-state index contributed by atoms with van der Waals surface area (Å²) < 4.78 is 32.7. The number of halogens is 2. The Kier molecular flexibility index (Phi) is 29.1. The van der Waals surface area contributed by atoms with Crippen LogP contribution in [0.1, 0.15) is 27.2 Å². The van der Waals surface area contributed by atoms with Gasteiger partial charge in [-0.3, -0.25) is 13.8 Å². The average molecular weight is 2110 g/mol. The van der Waals surface area contributed by atoms with Crippen LogP contribution >= 0.6 is 0 Å². The first-order valence-corrected chi connectivity index (χ1v) is 33.3. The third-order valence-electron chi connectivity index (χ3n) is 16.9. The van der Waals surface area contributed by atoms with Gasteiger partial charge in [0, 0.05) is 168 Å². The molecular formula is C91H66F2Ir4N8O2-4. The van der Waals surface area contributed by atoms with E-state index in [0.29, 0.717) is 5.69 Å². The Morgan fingerprint density at radius 2 is 0.850 bits per heavy atom. The number of hydrogen-bond acceptors (Lipinski definition) is 6. The Labute approximate surface area is 674 Å². The molecule has 7 heterocycles.